The van der Waals surface area contributed by atoms with Crippen LogP contribution in [0.2, 0.25) is 0 Å². The summed E-state index contributed by atoms with van der Waals surface area (Å²) in [5.74, 6) is 0.0459. The van der Waals surface area contributed by atoms with Gasteiger partial charge < -0.3 is 4.74 Å². The molecule has 80 valence electrons. The van der Waals surface area contributed by atoms with E-state index < -0.39 is 11.7 Å². The molecule has 1 rings (SSSR count). The number of pyridine rings is 1. The molecule has 0 aromatic carbocycles. The van der Waals surface area contributed by atoms with Crippen LogP contribution in [0.3, 0.4) is 0 Å². The number of rotatable bonds is 2. The van der Waals surface area contributed by atoms with Gasteiger partial charge in [0.25, 0.3) is 0 Å². The number of ether oxygens (including phenoxy) is 1. The molecule has 3 nitrogen and oxygen atoms in total. The molecule has 0 amide bonds. The van der Waals surface area contributed by atoms with Crippen LogP contribution in [0.4, 0.5) is 13.2 Å². The van der Waals surface area contributed by atoms with E-state index in [2.05, 4.69) is 4.98 Å². The van der Waals surface area contributed by atoms with E-state index in [4.69, 9.17) is 10.00 Å². The Morgan fingerprint density at radius 2 is 2.20 bits per heavy atom. The molecule has 0 radical (unpaired) electrons. The van der Waals surface area contributed by atoms with Gasteiger partial charge in [0.15, 0.2) is 0 Å². The van der Waals surface area contributed by atoms with Crippen LogP contribution in [0.5, 0.6) is 5.88 Å². The molecule has 0 spiro atoms. The Morgan fingerprint density at radius 1 is 1.53 bits per heavy atom. The van der Waals surface area contributed by atoms with Gasteiger partial charge in [-0.1, -0.05) is 0 Å². The third-order valence-corrected chi connectivity index (χ3v) is 1.72. The van der Waals surface area contributed by atoms with Crippen LogP contribution in [-0.2, 0) is 12.6 Å². The van der Waals surface area contributed by atoms with E-state index in [1.165, 1.54) is 7.11 Å². The van der Waals surface area contributed by atoms with Gasteiger partial charge in [-0.3, -0.25) is 0 Å². The summed E-state index contributed by atoms with van der Waals surface area (Å²) in [6.07, 6.45) is -3.94. The summed E-state index contributed by atoms with van der Waals surface area (Å²) in [7, 11) is 1.29. The quantitative estimate of drug-likeness (QED) is 0.761. The maximum Gasteiger partial charge on any atom is 0.417 e. The fourth-order valence-corrected chi connectivity index (χ4v) is 1.05. The Labute approximate surface area is 84.1 Å². The topological polar surface area (TPSA) is 45.9 Å². The van der Waals surface area contributed by atoms with Crippen molar-refractivity contribution in [2.24, 2.45) is 0 Å². The second-order valence-corrected chi connectivity index (χ2v) is 2.73. The monoisotopic (exact) mass is 216 g/mol. The molecule has 0 fully saturated rings. The lowest BCUT2D eigenvalue weighted by atomic mass is 10.1. The molecule has 15 heavy (non-hydrogen) atoms. The Balaban J connectivity index is 3.17. The summed E-state index contributed by atoms with van der Waals surface area (Å²) < 4.78 is 41.6. The zero-order chi connectivity index (χ0) is 11.5. The zero-order valence-electron chi connectivity index (χ0n) is 7.80. The number of nitrogens with zero attached hydrogens (tertiary/aromatic N) is 2. The van der Waals surface area contributed by atoms with Gasteiger partial charge in [-0.05, 0) is 6.07 Å². The third-order valence-electron chi connectivity index (χ3n) is 1.72. The summed E-state index contributed by atoms with van der Waals surface area (Å²) in [6.45, 7) is 0. The highest BCUT2D eigenvalue weighted by Crippen LogP contribution is 2.31. The Morgan fingerprint density at radius 3 is 2.67 bits per heavy atom. The zero-order valence-corrected chi connectivity index (χ0v) is 7.80. The average molecular weight is 216 g/mol. The second kappa shape index (κ2) is 4.17. The lowest BCUT2D eigenvalue weighted by molar-refractivity contribution is -0.137. The van der Waals surface area contributed by atoms with Crippen molar-refractivity contribution in [3.63, 3.8) is 0 Å². The number of hydrogen-bond acceptors (Lipinski definition) is 3. The molecule has 0 atom stereocenters. The maximum atomic E-state index is 12.3. The van der Waals surface area contributed by atoms with Crippen LogP contribution < -0.4 is 4.74 Å². The first kappa shape index (κ1) is 11.3. The van der Waals surface area contributed by atoms with Gasteiger partial charge in [0.2, 0.25) is 5.88 Å². The Hall–Kier alpha value is -1.77. The first-order valence-electron chi connectivity index (χ1n) is 3.96. The van der Waals surface area contributed by atoms with Crippen LogP contribution in [0.1, 0.15) is 11.1 Å². The largest absolute Gasteiger partial charge is 0.481 e. The first-order chi connectivity index (χ1) is 6.99. The molecule has 0 bridgehead atoms. The van der Waals surface area contributed by atoms with Gasteiger partial charge in [0, 0.05) is 11.8 Å². The van der Waals surface area contributed by atoms with Gasteiger partial charge in [-0.15, -0.1) is 0 Å². The van der Waals surface area contributed by atoms with E-state index >= 15 is 0 Å². The van der Waals surface area contributed by atoms with Crippen molar-refractivity contribution in [2.45, 2.75) is 12.6 Å². The van der Waals surface area contributed by atoms with E-state index in [0.717, 1.165) is 6.07 Å². The fourth-order valence-electron chi connectivity index (χ4n) is 1.05. The first-order valence-corrected chi connectivity index (χ1v) is 3.96. The molecule has 0 saturated heterocycles. The minimum Gasteiger partial charge on any atom is -0.481 e. The van der Waals surface area contributed by atoms with Gasteiger partial charge in [-0.25, -0.2) is 4.98 Å². The smallest absolute Gasteiger partial charge is 0.417 e. The molecule has 1 aromatic rings. The van der Waals surface area contributed by atoms with Crippen molar-refractivity contribution < 1.29 is 17.9 Å². The average Bonchev–Trinajstić information content (AvgIpc) is 2.17. The van der Waals surface area contributed by atoms with E-state index in [-0.39, 0.29) is 17.9 Å². The van der Waals surface area contributed by atoms with Crippen molar-refractivity contribution in [3.05, 3.63) is 23.4 Å². The number of alkyl halides is 3. The van der Waals surface area contributed by atoms with E-state index in [1.54, 1.807) is 6.07 Å². The van der Waals surface area contributed by atoms with Gasteiger partial charge in [-0.2, -0.15) is 18.4 Å². The predicted molar refractivity (Wildman–Crippen MR) is 45.1 cm³/mol. The van der Waals surface area contributed by atoms with Crippen molar-refractivity contribution in [1.82, 2.24) is 4.98 Å². The molecular formula is C9H7F3N2O. The number of methoxy groups -OCH3 is 1. The minimum atomic E-state index is -4.45. The maximum absolute atomic E-state index is 12.3. The Bertz CT molecular complexity index is 395. The van der Waals surface area contributed by atoms with Crippen molar-refractivity contribution in [1.29, 1.82) is 5.26 Å². The van der Waals surface area contributed by atoms with Crippen LogP contribution in [0, 0.1) is 11.3 Å². The number of nitriles is 1. The van der Waals surface area contributed by atoms with E-state index in [1.807, 2.05) is 0 Å². The van der Waals surface area contributed by atoms with Crippen molar-refractivity contribution in [3.8, 4) is 11.9 Å². The summed E-state index contributed by atoms with van der Waals surface area (Å²) >= 11 is 0. The highest BCUT2D eigenvalue weighted by atomic mass is 19.4. The summed E-state index contributed by atoms with van der Waals surface area (Å²) in [5, 5.41) is 8.42. The van der Waals surface area contributed by atoms with Crippen molar-refractivity contribution >= 4 is 0 Å². The van der Waals surface area contributed by atoms with Gasteiger partial charge in [0.05, 0.1) is 25.2 Å². The molecule has 0 N–H and O–H groups in total. The predicted octanol–water partition coefficient (Wildman–Crippen LogP) is 2.18. The molecule has 0 saturated carbocycles. The van der Waals surface area contributed by atoms with Crippen LogP contribution in [0.25, 0.3) is 0 Å². The molecule has 1 aromatic heterocycles. The fraction of sp³-hybridized carbons (Fsp3) is 0.333. The van der Waals surface area contributed by atoms with Crippen LogP contribution in [0.15, 0.2) is 12.3 Å². The highest BCUT2D eigenvalue weighted by molar-refractivity contribution is 5.33. The van der Waals surface area contributed by atoms with Gasteiger partial charge >= 0.3 is 6.18 Å². The van der Waals surface area contributed by atoms with Crippen molar-refractivity contribution in [2.75, 3.05) is 7.11 Å². The molecular weight excluding hydrogens is 209 g/mol. The summed E-state index contributed by atoms with van der Waals surface area (Å²) in [5.41, 5.74) is -0.747. The molecule has 0 aliphatic carbocycles. The van der Waals surface area contributed by atoms with Gasteiger partial charge in [0.1, 0.15) is 0 Å². The molecule has 0 unspecified atom stereocenters. The number of hydrogen-bond donors (Lipinski definition) is 0. The normalized spacial score (nSPS) is 10.9. The number of aromatic nitrogens is 1. The van der Waals surface area contributed by atoms with E-state index in [0.29, 0.717) is 6.20 Å². The van der Waals surface area contributed by atoms with Crippen LogP contribution >= 0.6 is 0 Å². The summed E-state index contributed by atoms with van der Waals surface area (Å²) in [6, 6.07) is 2.62. The minimum absolute atomic E-state index is 0.0459. The lowest BCUT2D eigenvalue weighted by Crippen LogP contribution is -2.07. The molecule has 1 heterocycles. The highest BCUT2D eigenvalue weighted by Gasteiger charge is 2.31. The molecule has 0 aliphatic rings. The third kappa shape index (κ3) is 2.59. The van der Waals surface area contributed by atoms with Crippen LogP contribution in [-0.4, -0.2) is 12.1 Å². The lowest BCUT2D eigenvalue weighted by Gasteiger charge is -2.09. The Kier molecular flexibility index (Phi) is 3.14. The SMILES string of the molecule is COc1ncc(C(F)(F)F)cc1CC#N. The standard InChI is InChI=1S/C9H7F3N2O/c1-15-8-6(2-3-13)4-7(5-14-8)9(10,11)12/h4-5H,2H2,1H3. The summed E-state index contributed by atoms with van der Waals surface area (Å²) in [4.78, 5) is 3.49. The molecule has 0 aliphatic heterocycles. The second-order valence-electron chi connectivity index (χ2n) is 2.73. The molecule has 6 heteroatoms. The number of halogens is 3. The van der Waals surface area contributed by atoms with E-state index in [9.17, 15) is 13.2 Å².